The maximum Gasteiger partial charge on any atom is 0.323 e. The predicted octanol–water partition coefficient (Wildman–Crippen LogP) is -0.00880. The molecule has 17 heavy (non-hydrogen) atoms. The molecule has 0 amide bonds. The van der Waals surface area contributed by atoms with Gasteiger partial charge in [0, 0.05) is 7.05 Å². The van der Waals surface area contributed by atoms with E-state index in [1.165, 1.54) is 5.01 Å². The molecule has 0 fully saturated rings. The van der Waals surface area contributed by atoms with Crippen molar-refractivity contribution in [2.45, 2.75) is 32.4 Å². The highest BCUT2D eigenvalue weighted by atomic mass is 16.5. The Balaban J connectivity index is 4.41. The number of nitrogens with two attached hydrogens (primary N) is 2. The van der Waals surface area contributed by atoms with Gasteiger partial charge in [-0.25, -0.2) is 5.01 Å². The van der Waals surface area contributed by atoms with E-state index in [2.05, 4.69) is 0 Å². The molecule has 0 aromatic rings. The van der Waals surface area contributed by atoms with E-state index in [4.69, 9.17) is 21.1 Å². The average Bonchev–Trinajstić information content (AvgIpc) is 2.29. The summed E-state index contributed by atoms with van der Waals surface area (Å²) in [6.07, 6.45) is 2.12. The lowest BCUT2D eigenvalue weighted by atomic mass is 10.1. The van der Waals surface area contributed by atoms with Crippen LogP contribution in [0.2, 0.25) is 0 Å². The van der Waals surface area contributed by atoms with Crippen molar-refractivity contribution in [1.29, 1.82) is 0 Å². The number of rotatable bonds is 7. The zero-order valence-corrected chi connectivity index (χ0v) is 11.0. The molecule has 0 aliphatic carbocycles. The molecule has 2 atom stereocenters. The lowest BCUT2D eigenvalue weighted by molar-refractivity contribution is -0.144. The van der Waals surface area contributed by atoms with Gasteiger partial charge in [0.15, 0.2) is 0 Å². The van der Waals surface area contributed by atoms with Crippen molar-refractivity contribution < 1.29 is 14.3 Å². The summed E-state index contributed by atoms with van der Waals surface area (Å²) in [4.78, 5) is 11.3. The van der Waals surface area contributed by atoms with Gasteiger partial charge in [-0.05, 0) is 26.3 Å². The fourth-order valence-electron chi connectivity index (χ4n) is 1.21. The Morgan fingerprint density at radius 3 is 2.53 bits per heavy atom. The van der Waals surface area contributed by atoms with Crippen LogP contribution in [0.25, 0.3) is 0 Å². The first-order valence-electron chi connectivity index (χ1n) is 5.57. The number of esters is 1. The van der Waals surface area contributed by atoms with Gasteiger partial charge >= 0.3 is 5.97 Å². The Morgan fingerprint density at radius 1 is 1.53 bits per heavy atom. The van der Waals surface area contributed by atoms with Gasteiger partial charge in [0.2, 0.25) is 0 Å². The molecule has 0 aromatic heterocycles. The van der Waals surface area contributed by atoms with Crippen LogP contribution in [0.1, 0.15) is 20.3 Å². The fourth-order valence-corrected chi connectivity index (χ4v) is 1.21. The monoisotopic (exact) mass is 245 g/mol. The molecule has 0 aliphatic rings. The number of hydrogen-bond acceptors (Lipinski definition) is 6. The van der Waals surface area contributed by atoms with E-state index in [1.54, 1.807) is 27.2 Å². The van der Waals surface area contributed by atoms with Crippen LogP contribution in [-0.4, -0.2) is 43.8 Å². The molecule has 0 aliphatic heterocycles. The van der Waals surface area contributed by atoms with Gasteiger partial charge in [-0.2, -0.15) is 0 Å². The summed E-state index contributed by atoms with van der Waals surface area (Å²) in [6.45, 7) is 3.97. The van der Waals surface area contributed by atoms with Gasteiger partial charge in [0.25, 0.3) is 0 Å². The highest BCUT2D eigenvalue weighted by molar-refractivity contribution is 5.75. The van der Waals surface area contributed by atoms with Crippen molar-refractivity contribution in [3.8, 4) is 0 Å². The van der Waals surface area contributed by atoms with Crippen molar-refractivity contribution in [3.05, 3.63) is 11.8 Å². The Hall–Kier alpha value is -1.11. The second kappa shape index (κ2) is 8.05. The molecule has 0 bridgehead atoms. The molecule has 0 heterocycles. The second-order valence-corrected chi connectivity index (χ2v) is 3.75. The summed E-state index contributed by atoms with van der Waals surface area (Å²) in [5.74, 6) is 5.88. The summed E-state index contributed by atoms with van der Waals surface area (Å²) in [7, 11) is 3.30. The first kappa shape index (κ1) is 15.9. The quantitative estimate of drug-likeness (QED) is 0.284. The Labute approximate surface area is 102 Å². The molecule has 100 valence electrons. The molecule has 2 unspecified atom stereocenters. The van der Waals surface area contributed by atoms with Gasteiger partial charge in [-0.1, -0.05) is 0 Å². The van der Waals surface area contributed by atoms with Crippen LogP contribution in [0.15, 0.2) is 11.8 Å². The number of carbonyl (C=O) groups excluding carboxylic acids is 1. The second-order valence-electron chi connectivity index (χ2n) is 3.75. The van der Waals surface area contributed by atoms with Crippen LogP contribution in [0, 0.1) is 0 Å². The van der Waals surface area contributed by atoms with Crippen LogP contribution in [-0.2, 0) is 14.3 Å². The molecule has 0 saturated heterocycles. The third-order valence-electron chi connectivity index (χ3n) is 2.42. The normalized spacial score (nSPS) is 15.6. The number of ether oxygens (including phenoxy) is 2. The summed E-state index contributed by atoms with van der Waals surface area (Å²) in [5.41, 5.74) is 5.66. The SMILES string of the molecule is CCOC(=O)C(N)C/C=C(/OC)C(C)N(C)N. The molecular formula is C11H23N3O3. The van der Waals surface area contributed by atoms with Gasteiger partial charge in [-0.15, -0.1) is 0 Å². The van der Waals surface area contributed by atoms with Gasteiger partial charge in [-0.3, -0.25) is 10.6 Å². The van der Waals surface area contributed by atoms with E-state index >= 15 is 0 Å². The Kier molecular flexibility index (Phi) is 7.53. The van der Waals surface area contributed by atoms with Crippen LogP contribution in [0.4, 0.5) is 0 Å². The molecular weight excluding hydrogens is 222 g/mol. The van der Waals surface area contributed by atoms with E-state index in [0.29, 0.717) is 18.8 Å². The van der Waals surface area contributed by atoms with E-state index < -0.39 is 12.0 Å². The van der Waals surface area contributed by atoms with E-state index in [0.717, 1.165) is 0 Å². The van der Waals surface area contributed by atoms with E-state index in [1.807, 2.05) is 6.92 Å². The Bertz CT molecular complexity index is 267. The van der Waals surface area contributed by atoms with Crippen LogP contribution in [0.3, 0.4) is 0 Å². The molecule has 0 aromatic carbocycles. The van der Waals surface area contributed by atoms with Gasteiger partial charge < -0.3 is 15.2 Å². The van der Waals surface area contributed by atoms with Gasteiger partial charge in [0.1, 0.15) is 11.8 Å². The largest absolute Gasteiger partial charge is 0.500 e. The topological polar surface area (TPSA) is 90.8 Å². The van der Waals surface area contributed by atoms with Crippen molar-refractivity contribution in [2.24, 2.45) is 11.6 Å². The maximum atomic E-state index is 11.3. The minimum atomic E-state index is -0.671. The summed E-state index contributed by atoms with van der Waals surface area (Å²) in [6, 6.07) is -0.746. The standard InChI is InChI=1S/C11H23N3O3/c1-5-17-11(15)9(12)6-7-10(16-4)8(2)14(3)13/h7-9H,5-6,12-13H2,1-4H3/b10-7+. The number of hydrazine groups is 1. The summed E-state index contributed by atoms with van der Waals surface area (Å²) >= 11 is 0. The third-order valence-corrected chi connectivity index (χ3v) is 2.42. The van der Waals surface area contributed by atoms with E-state index in [9.17, 15) is 4.79 Å². The van der Waals surface area contributed by atoms with Crippen molar-refractivity contribution in [2.75, 3.05) is 20.8 Å². The molecule has 0 saturated carbocycles. The lowest BCUT2D eigenvalue weighted by Crippen LogP contribution is -2.37. The molecule has 4 N–H and O–H groups in total. The molecule has 0 rings (SSSR count). The summed E-state index contributed by atoms with van der Waals surface area (Å²) in [5, 5.41) is 1.52. The molecule has 0 spiro atoms. The van der Waals surface area contributed by atoms with Gasteiger partial charge in [0.05, 0.1) is 19.8 Å². The number of nitrogens with zero attached hydrogens (tertiary/aromatic N) is 1. The minimum absolute atomic E-state index is 0.0746. The predicted molar refractivity (Wildman–Crippen MR) is 65.7 cm³/mol. The van der Waals surface area contributed by atoms with Crippen molar-refractivity contribution in [1.82, 2.24) is 5.01 Å². The number of carbonyl (C=O) groups is 1. The number of likely N-dealkylation sites (N-methyl/N-ethyl adjacent to an activating group) is 1. The van der Waals surface area contributed by atoms with Crippen LogP contribution < -0.4 is 11.6 Å². The van der Waals surface area contributed by atoms with E-state index in [-0.39, 0.29) is 6.04 Å². The first-order chi connectivity index (χ1) is 7.93. The average molecular weight is 245 g/mol. The van der Waals surface area contributed by atoms with Crippen LogP contribution >= 0.6 is 0 Å². The maximum absolute atomic E-state index is 11.3. The van der Waals surface area contributed by atoms with Crippen molar-refractivity contribution >= 4 is 5.97 Å². The van der Waals surface area contributed by atoms with Crippen molar-refractivity contribution in [3.63, 3.8) is 0 Å². The summed E-state index contributed by atoms with van der Waals surface area (Å²) < 4.78 is 10.0. The fraction of sp³-hybridized carbons (Fsp3) is 0.727. The molecule has 6 nitrogen and oxygen atoms in total. The van der Waals surface area contributed by atoms with Crippen LogP contribution in [0.5, 0.6) is 0 Å². The number of methoxy groups -OCH3 is 1. The lowest BCUT2D eigenvalue weighted by Gasteiger charge is -2.21. The highest BCUT2D eigenvalue weighted by Crippen LogP contribution is 2.09. The highest BCUT2D eigenvalue weighted by Gasteiger charge is 2.16. The third kappa shape index (κ3) is 5.67. The minimum Gasteiger partial charge on any atom is -0.500 e. The molecule has 6 heteroatoms. The Morgan fingerprint density at radius 2 is 2.12 bits per heavy atom. The smallest absolute Gasteiger partial charge is 0.323 e. The first-order valence-corrected chi connectivity index (χ1v) is 5.57. The molecule has 0 radical (unpaired) electrons. The number of hydrogen-bond donors (Lipinski definition) is 2. The zero-order chi connectivity index (χ0) is 13.4. The zero-order valence-electron chi connectivity index (χ0n) is 11.0.